The van der Waals surface area contributed by atoms with Gasteiger partial charge in [-0.1, -0.05) is 0 Å². The van der Waals surface area contributed by atoms with Gasteiger partial charge in [0.1, 0.15) is 6.23 Å². The molecule has 2 atom stereocenters. The van der Waals surface area contributed by atoms with Crippen molar-refractivity contribution in [2.45, 2.75) is 25.2 Å². The van der Waals surface area contributed by atoms with Crippen LogP contribution >= 0.6 is 12.4 Å². The van der Waals surface area contributed by atoms with E-state index in [0.29, 0.717) is 6.42 Å². The lowest BCUT2D eigenvalue weighted by atomic mass is 10.0. The largest absolute Gasteiger partial charge is 0.394 e. The molecule has 1 heterocycles. The molecule has 2 unspecified atom stereocenters. The first-order chi connectivity index (χ1) is 5.54. The Morgan fingerprint density at radius 2 is 1.92 bits per heavy atom. The SMILES string of the molecule is CNC1CCC(C(F)(F)F)CO1.Cl. The highest BCUT2D eigenvalue weighted by molar-refractivity contribution is 5.85. The van der Waals surface area contributed by atoms with Gasteiger partial charge in [0.25, 0.3) is 0 Å². The zero-order valence-corrected chi connectivity index (χ0v) is 8.04. The van der Waals surface area contributed by atoms with Crippen molar-refractivity contribution in [2.24, 2.45) is 5.92 Å². The summed E-state index contributed by atoms with van der Waals surface area (Å²) in [5.41, 5.74) is 0. The van der Waals surface area contributed by atoms with Gasteiger partial charge in [-0.2, -0.15) is 13.2 Å². The van der Waals surface area contributed by atoms with E-state index < -0.39 is 12.1 Å². The van der Waals surface area contributed by atoms with E-state index >= 15 is 0 Å². The van der Waals surface area contributed by atoms with E-state index in [9.17, 15) is 13.2 Å². The number of hydrogen-bond acceptors (Lipinski definition) is 2. The van der Waals surface area contributed by atoms with Gasteiger partial charge in [-0.05, 0) is 19.9 Å². The summed E-state index contributed by atoms with van der Waals surface area (Å²) in [6.07, 6.45) is -3.71. The smallest absolute Gasteiger partial charge is 0.363 e. The fraction of sp³-hybridized carbons (Fsp3) is 1.00. The summed E-state index contributed by atoms with van der Waals surface area (Å²) in [7, 11) is 1.68. The molecule has 0 bridgehead atoms. The first-order valence-corrected chi connectivity index (χ1v) is 3.89. The zero-order valence-electron chi connectivity index (χ0n) is 7.23. The third-order valence-electron chi connectivity index (χ3n) is 2.06. The highest BCUT2D eigenvalue weighted by Gasteiger charge is 2.41. The summed E-state index contributed by atoms with van der Waals surface area (Å²) in [6, 6.07) is 0. The molecule has 0 aromatic heterocycles. The molecular formula is C7H13ClF3NO. The summed E-state index contributed by atoms with van der Waals surface area (Å²) >= 11 is 0. The monoisotopic (exact) mass is 219 g/mol. The van der Waals surface area contributed by atoms with Crippen molar-refractivity contribution in [3.63, 3.8) is 0 Å². The highest BCUT2D eigenvalue weighted by atomic mass is 35.5. The standard InChI is InChI=1S/C7H12F3NO.ClH/c1-11-6-3-2-5(4-12-6)7(8,9)10;/h5-6,11H,2-4H2,1H3;1H. The number of rotatable bonds is 1. The van der Waals surface area contributed by atoms with Crippen molar-refractivity contribution in [1.29, 1.82) is 0 Å². The van der Waals surface area contributed by atoms with Crippen LogP contribution in [0.15, 0.2) is 0 Å². The van der Waals surface area contributed by atoms with Crippen molar-refractivity contribution >= 4 is 12.4 Å². The van der Waals surface area contributed by atoms with Crippen LogP contribution in [0.3, 0.4) is 0 Å². The van der Waals surface area contributed by atoms with Gasteiger partial charge < -0.3 is 4.74 Å². The van der Waals surface area contributed by atoms with E-state index in [-0.39, 0.29) is 31.7 Å². The lowest BCUT2D eigenvalue weighted by Gasteiger charge is -2.29. The minimum atomic E-state index is -4.10. The predicted molar refractivity (Wildman–Crippen MR) is 44.8 cm³/mol. The Labute approximate surface area is 81.2 Å². The van der Waals surface area contributed by atoms with E-state index in [1.807, 2.05) is 0 Å². The quantitative estimate of drug-likeness (QED) is 0.728. The van der Waals surface area contributed by atoms with Crippen LogP contribution in [-0.2, 0) is 4.74 Å². The molecule has 0 aromatic carbocycles. The molecule has 0 radical (unpaired) electrons. The van der Waals surface area contributed by atoms with Crippen LogP contribution in [0, 0.1) is 5.92 Å². The van der Waals surface area contributed by atoms with Gasteiger partial charge in [0.2, 0.25) is 0 Å². The summed E-state index contributed by atoms with van der Waals surface area (Å²) < 4.78 is 41.2. The second kappa shape index (κ2) is 5.02. The van der Waals surface area contributed by atoms with Gasteiger partial charge in [-0.3, -0.25) is 5.32 Å². The second-order valence-corrected chi connectivity index (χ2v) is 2.93. The maximum absolute atomic E-state index is 12.1. The minimum Gasteiger partial charge on any atom is -0.363 e. The molecule has 1 N–H and O–H groups in total. The Morgan fingerprint density at radius 3 is 2.23 bits per heavy atom. The second-order valence-electron chi connectivity index (χ2n) is 2.93. The maximum atomic E-state index is 12.1. The average molecular weight is 220 g/mol. The van der Waals surface area contributed by atoms with E-state index in [0.717, 1.165) is 0 Å². The van der Waals surface area contributed by atoms with E-state index in [4.69, 9.17) is 4.74 Å². The summed E-state index contributed by atoms with van der Waals surface area (Å²) in [6.45, 7) is -0.213. The van der Waals surface area contributed by atoms with E-state index in [1.54, 1.807) is 7.05 Å². The number of halogens is 4. The molecule has 0 spiro atoms. The average Bonchev–Trinajstić information content (AvgIpc) is 2.03. The fourth-order valence-corrected chi connectivity index (χ4v) is 1.24. The van der Waals surface area contributed by atoms with E-state index in [2.05, 4.69) is 5.32 Å². The number of ether oxygens (including phenoxy) is 1. The summed E-state index contributed by atoms with van der Waals surface area (Å²) in [5.74, 6) is -1.28. The van der Waals surface area contributed by atoms with Gasteiger partial charge in [-0.15, -0.1) is 12.4 Å². The van der Waals surface area contributed by atoms with Crippen LogP contribution in [0.1, 0.15) is 12.8 Å². The first-order valence-electron chi connectivity index (χ1n) is 3.89. The molecule has 13 heavy (non-hydrogen) atoms. The summed E-state index contributed by atoms with van der Waals surface area (Å²) in [4.78, 5) is 0. The lowest BCUT2D eigenvalue weighted by Crippen LogP contribution is -2.40. The molecule has 1 aliphatic rings. The summed E-state index contributed by atoms with van der Waals surface area (Å²) in [5, 5.41) is 2.79. The molecule has 1 fully saturated rings. The third-order valence-corrected chi connectivity index (χ3v) is 2.06. The van der Waals surface area contributed by atoms with Crippen molar-refractivity contribution in [2.75, 3.05) is 13.7 Å². The molecule has 80 valence electrons. The Hall–Kier alpha value is 0. The molecule has 0 aliphatic carbocycles. The van der Waals surface area contributed by atoms with Gasteiger partial charge in [0.15, 0.2) is 0 Å². The molecule has 0 amide bonds. The Kier molecular flexibility index (Phi) is 5.02. The Morgan fingerprint density at radius 1 is 1.31 bits per heavy atom. The van der Waals surface area contributed by atoms with Crippen LogP contribution in [0.2, 0.25) is 0 Å². The topological polar surface area (TPSA) is 21.3 Å². The van der Waals surface area contributed by atoms with Crippen LogP contribution in [-0.4, -0.2) is 26.1 Å². The van der Waals surface area contributed by atoms with Crippen LogP contribution in [0.5, 0.6) is 0 Å². The molecule has 1 rings (SSSR count). The molecule has 1 saturated heterocycles. The van der Waals surface area contributed by atoms with Crippen LogP contribution < -0.4 is 5.32 Å². The molecule has 0 saturated carbocycles. The Balaban J connectivity index is 0.00000144. The molecule has 2 nitrogen and oxygen atoms in total. The maximum Gasteiger partial charge on any atom is 0.394 e. The predicted octanol–water partition coefficient (Wildman–Crippen LogP) is 1.94. The number of alkyl halides is 3. The van der Waals surface area contributed by atoms with Crippen LogP contribution in [0.4, 0.5) is 13.2 Å². The van der Waals surface area contributed by atoms with E-state index in [1.165, 1.54) is 0 Å². The molecule has 1 aliphatic heterocycles. The third kappa shape index (κ3) is 3.70. The van der Waals surface area contributed by atoms with Crippen molar-refractivity contribution in [3.05, 3.63) is 0 Å². The molecule has 6 heteroatoms. The van der Waals surface area contributed by atoms with Gasteiger partial charge in [0.05, 0.1) is 12.5 Å². The van der Waals surface area contributed by atoms with Crippen molar-refractivity contribution in [1.82, 2.24) is 5.32 Å². The van der Waals surface area contributed by atoms with Crippen molar-refractivity contribution < 1.29 is 17.9 Å². The van der Waals surface area contributed by atoms with Gasteiger partial charge >= 0.3 is 6.18 Å². The normalized spacial score (nSPS) is 29.5. The number of nitrogens with one attached hydrogen (secondary N) is 1. The number of hydrogen-bond donors (Lipinski definition) is 1. The molecular weight excluding hydrogens is 207 g/mol. The first kappa shape index (κ1) is 13.0. The lowest BCUT2D eigenvalue weighted by molar-refractivity contribution is -0.209. The van der Waals surface area contributed by atoms with Crippen molar-refractivity contribution in [3.8, 4) is 0 Å². The zero-order chi connectivity index (χ0) is 9.19. The molecule has 0 aromatic rings. The van der Waals surface area contributed by atoms with Gasteiger partial charge in [0, 0.05) is 0 Å². The minimum absolute atomic E-state index is 0. The highest BCUT2D eigenvalue weighted by Crippen LogP contribution is 2.33. The fourth-order valence-electron chi connectivity index (χ4n) is 1.24. The Bertz CT molecular complexity index is 145. The van der Waals surface area contributed by atoms with Gasteiger partial charge in [-0.25, -0.2) is 0 Å². The van der Waals surface area contributed by atoms with Crippen LogP contribution in [0.25, 0.3) is 0 Å².